The number of guanidine groups is 1. The molecule has 1 aliphatic heterocycles. The molecule has 2 N–H and O–H groups in total. The molecule has 1 atom stereocenters. The maximum Gasteiger partial charge on any atom is 0.215 e. The molecule has 1 rings (SSSR count). The first-order valence-electron chi connectivity index (χ1n) is 8.23. The third kappa shape index (κ3) is 7.16. The molecule has 0 aromatic carbocycles. The van der Waals surface area contributed by atoms with E-state index in [-0.39, 0.29) is 17.3 Å². The van der Waals surface area contributed by atoms with Crippen molar-refractivity contribution < 1.29 is 13.2 Å². The van der Waals surface area contributed by atoms with Gasteiger partial charge in [-0.3, -0.25) is 4.99 Å². The molecule has 7 nitrogen and oxygen atoms in total. The van der Waals surface area contributed by atoms with Gasteiger partial charge in [0.2, 0.25) is 10.0 Å². The quantitative estimate of drug-likeness (QED) is 0.497. The van der Waals surface area contributed by atoms with E-state index in [9.17, 15) is 8.42 Å². The highest BCUT2D eigenvalue weighted by Gasteiger charge is 2.25. The molecule has 0 aliphatic carbocycles. The van der Waals surface area contributed by atoms with Crippen molar-refractivity contribution in [2.75, 3.05) is 57.6 Å². The van der Waals surface area contributed by atoms with Gasteiger partial charge >= 0.3 is 0 Å². The maximum atomic E-state index is 12.3. The highest BCUT2D eigenvalue weighted by atomic mass is 32.2. The maximum absolute atomic E-state index is 12.3. The first kappa shape index (κ1) is 21.5. The fourth-order valence-electron chi connectivity index (χ4n) is 2.41. The van der Waals surface area contributed by atoms with Gasteiger partial charge in [0.05, 0.1) is 11.9 Å². The molecule has 0 bridgehead atoms. The Hall–Kier alpha value is -0.510. The number of sulfonamides is 1. The molecule has 9 heteroatoms. The van der Waals surface area contributed by atoms with Crippen LogP contribution in [0.5, 0.6) is 0 Å². The van der Waals surface area contributed by atoms with Crippen LogP contribution in [0, 0.1) is 5.41 Å². The number of methoxy groups -OCH3 is 1. The molecule has 0 aromatic heterocycles. The summed E-state index contributed by atoms with van der Waals surface area (Å²) in [5, 5.41) is 6.26. The molecular weight excluding hydrogens is 348 g/mol. The van der Waals surface area contributed by atoms with Gasteiger partial charge in [-0.15, -0.1) is 0 Å². The number of ether oxygens (including phenoxy) is 1. The summed E-state index contributed by atoms with van der Waals surface area (Å²) in [6.07, 6.45) is 0.0330. The second-order valence-electron chi connectivity index (χ2n) is 6.80. The molecular formula is C15H32N4O3S2. The summed E-state index contributed by atoms with van der Waals surface area (Å²) >= 11 is 1.80. The number of rotatable bonds is 7. The zero-order valence-electron chi connectivity index (χ0n) is 15.5. The van der Waals surface area contributed by atoms with Gasteiger partial charge < -0.3 is 15.4 Å². The first-order chi connectivity index (χ1) is 11.2. The van der Waals surface area contributed by atoms with Crippen molar-refractivity contribution in [2.45, 2.75) is 26.9 Å². The predicted molar refractivity (Wildman–Crippen MR) is 102 cm³/mol. The van der Waals surface area contributed by atoms with Crippen molar-refractivity contribution >= 4 is 27.7 Å². The van der Waals surface area contributed by atoms with Crippen LogP contribution in [-0.4, -0.2) is 82.4 Å². The third-order valence-corrected chi connectivity index (χ3v) is 6.76. The largest absolute Gasteiger partial charge is 0.379 e. The number of hydrogen-bond acceptors (Lipinski definition) is 5. The highest BCUT2D eigenvalue weighted by Crippen LogP contribution is 2.20. The molecule has 1 heterocycles. The van der Waals surface area contributed by atoms with Crippen LogP contribution >= 0.6 is 11.8 Å². The molecule has 1 aliphatic rings. The normalized spacial score (nSPS) is 19.1. The van der Waals surface area contributed by atoms with Crippen molar-refractivity contribution in [3.05, 3.63) is 0 Å². The average molecular weight is 381 g/mol. The Labute approximate surface area is 151 Å². The van der Waals surface area contributed by atoms with Crippen molar-refractivity contribution in [3.63, 3.8) is 0 Å². The molecule has 24 heavy (non-hydrogen) atoms. The van der Waals surface area contributed by atoms with E-state index < -0.39 is 10.0 Å². The number of thioether (sulfide) groups is 1. The highest BCUT2D eigenvalue weighted by molar-refractivity contribution is 7.99. The number of nitrogens with one attached hydrogen (secondary N) is 2. The minimum atomic E-state index is -3.20. The molecule has 1 fully saturated rings. The fraction of sp³-hybridized carbons (Fsp3) is 0.933. The Balaban J connectivity index is 2.41. The topological polar surface area (TPSA) is 83.0 Å². The fourth-order valence-corrected chi connectivity index (χ4v) is 4.90. The van der Waals surface area contributed by atoms with Gasteiger partial charge in [-0.1, -0.05) is 20.8 Å². The monoisotopic (exact) mass is 380 g/mol. The number of nitrogens with zero attached hydrogens (tertiary/aromatic N) is 2. The van der Waals surface area contributed by atoms with Gasteiger partial charge in [0.15, 0.2) is 5.96 Å². The van der Waals surface area contributed by atoms with E-state index in [0.29, 0.717) is 32.1 Å². The van der Waals surface area contributed by atoms with E-state index in [2.05, 4.69) is 36.4 Å². The van der Waals surface area contributed by atoms with E-state index in [1.165, 1.54) is 0 Å². The van der Waals surface area contributed by atoms with E-state index >= 15 is 0 Å². The Bertz CT molecular complexity index is 497. The number of aliphatic imine (C=N–C) groups is 1. The van der Waals surface area contributed by atoms with E-state index in [0.717, 1.165) is 11.5 Å². The van der Waals surface area contributed by atoms with Gasteiger partial charge in [0.25, 0.3) is 0 Å². The summed E-state index contributed by atoms with van der Waals surface area (Å²) in [5.74, 6) is 2.42. The zero-order chi connectivity index (χ0) is 18.2. The molecule has 0 amide bonds. The number of hydrogen-bond donors (Lipinski definition) is 2. The van der Waals surface area contributed by atoms with Gasteiger partial charge in [-0.25, -0.2) is 12.7 Å². The van der Waals surface area contributed by atoms with Crippen LogP contribution in [-0.2, 0) is 14.8 Å². The summed E-state index contributed by atoms with van der Waals surface area (Å²) in [4.78, 5) is 4.14. The summed E-state index contributed by atoms with van der Waals surface area (Å²) in [6.45, 7) is 8.50. The summed E-state index contributed by atoms with van der Waals surface area (Å²) in [6, 6.07) is 0. The SMILES string of the molecule is CN=C(NCCS(=O)(=O)N1CCSCC1)NCC(OC)C(C)(C)C. The zero-order valence-corrected chi connectivity index (χ0v) is 17.1. The minimum absolute atomic E-state index is 0.0101. The minimum Gasteiger partial charge on any atom is -0.379 e. The third-order valence-electron chi connectivity index (χ3n) is 3.94. The van der Waals surface area contributed by atoms with Crippen molar-refractivity contribution in [2.24, 2.45) is 10.4 Å². The van der Waals surface area contributed by atoms with Crippen LogP contribution in [0.1, 0.15) is 20.8 Å². The van der Waals surface area contributed by atoms with Crippen LogP contribution in [0.15, 0.2) is 4.99 Å². The summed E-state index contributed by atoms with van der Waals surface area (Å²) < 4.78 is 31.7. The van der Waals surface area contributed by atoms with Crippen LogP contribution in [0.3, 0.4) is 0 Å². The summed E-state index contributed by atoms with van der Waals surface area (Å²) in [7, 11) is 0.167. The van der Waals surface area contributed by atoms with Gasteiger partial charge in [0.1, 0.15) is 0 Å². The Morgan fingerprint density at radius 1 is 1.29 bits per heavy atom. The van der Waals surface area contributed by atoms with Crippen LogP contribution in [0.2, 0.25) is 0 Å². The van der Waals surface area contributed by atoms with Crippen LogP contribution in [0.4, 0.5) is 0 Å². The smallest absolute Gasteiger partial charge is 0.215 e. The second kappa shape index (κ2) is 9.84. The molecule has 0 saturated carbocycles. The summed E-state index contributed by atoms with van der Waals surface area (Å²) in [5.41, 5.74) is 0.0101. The lowest BCUT2D eigenvalue weighted by Crippen LogP contribution is -2.47. The van der Waals surface area contributed by atoms with Crippen LogP contribution in [0.25, 0.3) is 0 Å². The van der Waals surface area contributed by atoms with Crippen molar-refractivity contribution in [3.8, 4) is 0 Å². The van der Waals surface area contributed by atoms with Gasteiger partial charge in [-0.05, 0) is 5.41 Å². The lowest BCUT2D eigenvalue weighted by atomic mass is 9.89. The van der Waals surface area contributed by atoms with Crippen molar-refractivity contribution in [1.82, 2.24) is 14.9 Å². The van der Waals surface area contributed by atoms with Crippen LogP contribution < -0.4 is 10.6 Å². The molecule has 0 aromatic rings. The first-order valence-corrected chi connectivity index (χ1v) is 11.0. The molecule has 142 valence electrons. The Morgan fingerprint density at radius 3 is 2.42 bits per heavy atom. The van der Waals surface area contributed by atoms with Crippen molar-refractivity contribution in [1.29, 1.82) is 0 Å². The molecule has 1 saturated heterocycles. The van der Waals surface area contributed by atoms with E-state index in [1.807, 2.05) is 0 Å². The lowest BCUT2D eigenvalue weighted by Gasteiger charge is -2.30. The lowest BCUT2D eigenvalue weighted by molar-refractivity contribution is 0.0205. The Kier molecular flexibility index (Phi) is 8.83. The molecule has 0 radical (unpaired) electrons. The molecule has 0 spiro atoms. The van der Waals surface area contributed by atoms with E-state index in [1.54, 1.807) is 30.2 Å². The second-order valence-corrected chi connectivity index (χ2v) is 10.1. The molecule has 1 unspecified atom stereocenters. The predicted octanol–water partition coefficient (Wildman–Crippen LogP) is 0.591. The Morgan fingerprint density at radius 2 is 1.92 bits per heavy atom. The van der Waals surface area contributed by atoms with Gasteiger partial charge in [-0.2, -0.15) is 11.8 Å². The average Bonchev–Trinajstić information content (AvgIpc) is 2.53. The van der Waals surface area contributed by atoms with Gasteiger partial charge in [0, 0.05) is 51.8 Å². The van der Waals surface area contributed by atoms with E-state index in [4.69, 9.17) is 4.74 Å². The standard InChI is InChI=1S/C15H32N4O3S2/c1-15(2,3)13(22-5)12-18-14(16-4)17-6-11-24(20,21)19-7-9-23-10-8-19/h13H,6-12H2,1-5H3,(H2,16,17,18).